The van der Waals surface area contributed by atoms with Gasteiger partial charge in [0.05, 0.1) is 12.7 Å². The van der Waals surface area contributed by atoms with E-state index in [-0.39, 0.29) is 6.10 Å². The molecule has 1 fully saturated rings. The maximum Gasteiger partial charge on any atom is 0.118 e. The maximum atomic E-state index is 9.77. The third-order valence-corrected chi connectivity index (χ3v) is 3.62. The second-order valence-corrected chi connectivity index (χ2v) is 4.79. The van der Waals surface area contributed by atoms with E-state index in [1.807, 2.05) is 25.3 Å². The van der Waals surface area contributed by atoms with Gasteiger partial charge in [-0.2, -0.15) is 0 Å². The van der Waals surface area contributed by atoms with E-state index in [4.69, 9.17) is 4.74 Å². The Balaban J connectivity index is 2.33. The Hall–Kier alpha value is -0.710. The van der Waals surface area contributed by atoms with Gasteiger partial charge in [-0.3, -0.25) is 0 Å². The van der Waals surface area contributed by atoms with Gasteiger partial charge in [0.25, 0.3) is 0 Å². The van der Waals surface area contributed by atoms with Crippen LogP contribution in [-0.4, -0.2) is 31.1 Å². The number of ether oxygens (including phenoxy) is 1. The van der Waals surface area contributed by atoms with Crippen molar-refractivity contribution in [1.82, 2.24) is 5.32 Å². The summed E-state index contributed by atoms with van der Waals surface area (Å²) in [5.74, 6) is 0.349. The molecule has 0 saturated carbocycles. The number of rotatable bonds is 2. The molecule has 0 spiro atoms. The highest BCUT2D eigenvalue weighted by atomic mass is 32.2. The third-order valence-electron chi connectivity index (χ3n) is 2.82. The number of phenols is 1. The average molecular weight is 239 g/mol. The SMILES string of the molecule is CSc1cc(C)c(O)cc1C1CNCCO1. The Morgan fingerprint density at radius 3 is 2.94 bits per heavy atom. The van der Waals surface area contributed by atoms with E-state index in [0.29, 0.717) is 5.75 Å². The van der Waals surface area contributed by atoms with Crippen LogP contribution in [0.2, 0.25) is 0 Å². The standard InChI is InChI=1S/C12H17NO2S/c1-8-5-12(16-2)9(6-10(8)14)11-7-13-3-4-15-11/h5-6,11,13-14H,3-4,7H2,1-2H3. The summed E-state index contributed by atoms with van der Waals surface area (Å²) in [4.78, 5) is 1.18. The number of nitrogens with one attached hydrogen (secondary N) is 1. The zero-order chi connectivity index (χ0) is 11.5. The monoisotopic (exact) mass is 239 g/mol. The van der Waals surface area contributed by atoms with Gasteiger partial charge < -0.3 is 15.2 Å². The van der Waals surface area contributed by atoms with Crippen LogP contribution in [0.15, 0.2) is 17.0 Å². The number of morpholine rings is 1. The maximum absolute atomic E-state index is 9.77. The fraction of sp³-hybridized carbons (Fsp3) is 0.500. The molecular formula is C12H17NO2S. The largest absolute Gasteiger partial charge is 0.508 e. The topological polar surface area (TPSA) is 41.5 Å². The van der Waals surface area contributed by atoms with E-state index in [0.717, 1.165) is 30.8 Å². The van der Waals surface area contributed by atoms with Gasteiger partial charge >= 0.3 is 0 Å². The lowest BCUT2D eigenvalue weighted by Gasteiger charge is -2.26. The lowest BCUT2D eigenvalue weighted by Crippen LogP contribution is -2.33. The van der Waals surface area contributed by atoms with Crippen LogP contribution in [0.1, 0.15) is 17.2 Å². The molecule has 1 aliphatic rings. The van der Waals surface area contributed by atoms with E-state index < -0.39 is 0 Å². The first kappa shape index (κ1) is 11.8. The van der Waals surface area contributed by atoms with Crippen LogP contribution in [0, 0.1) is 6.92 Å². The Bertz CT molecular complexity index is 376. The molecule has 1 heterocycles. The second-order valence-electron chi connectivity index (χ2n) is 3.94. The molecule has 3 nitrogen and oxygen atoms in total. The Morgan fingerprint density at radius 1 is 1.50 bits per heavy atom. The van der Waals surface area contributed by atoms with Gasteiger partial charge in [0.1, 0.15) is 5.75 Å². The summed E-state index contributed by atoms with van der Waals surface area (Å²) < 4.78 is 5.71. The minimum Gasteiger partial charge on any atom is -0.508 e. The smallest absolute Gasteiger partial charge is 0.118 e. The molecule has 1 aromatic rings. The van der Waals surface area contributed by atoms with Crippen LogP contribution < -0.4 is 5.32 Å². The summed E-state index contributed by atoms with van der Waals surface area (Å²) in [7, 11) is 0. The number of phenolic OH excluding ortho intramolecular Hbond substituents is 1. The minimum absolute atomic E-state index is 0.0581. The van der Waals surface area contributed by atoms with Crippen molar-refractivity contribution in [3.63, 3.8) is 0 Å². The van der Waals surface area contributed by atoms with E-state index in [1.54, 1.807) is 11.8 Å². The van der Waals surface area contributed by atoms with Gasteiger partial charge in [-0.15, -0.1) is 11.8 Å². The summed E-state index contributed by atoms with van der Waals surface area (Å²) in [5, 5.41) is 13.1. The van der Waals surface area contributed by atoms with Crippen LogP contribution >= 0.6 is 11.8 Å². The van der Waals surface area contributed by atoms with Crippen molar-refractivity contribution in [3.8, 4) is 5.75 Å². The molecule has 0 amide bonds. The molecular weight excluding hydrogens is 222 g/mol. The fourth-order valence-corrected chi connectivity index (χ4v) is 2.60. The molecule has 4 heteroatoms. The van der Waals surface area contributed by atoms with Crippen LogP contribution in [-0.2, 0) is 4.74 Å². The summed E-state index contributed by atoms with van der Waals surface area (Å²) in [6, 6.07) is 3.85. The van der Waals surface area contributed by atoms with Crippen LogP contribution in [0.5, 0.6) is 5.75 Å². The molecule has 2 rings (SSSR count). The first-order chi connectivity index (χ1) is 7.72. The molecule has 0 aromatic heterocycles. The van der Waals surface area contributed by atoms with Gasteiger partial charge in [-0.05, 0) is 36.4 Å². The lowest BCUT2D eigenvalue weighted by molar-refractivity contribution is 0.0260. The zero-order valence-electron chi connectivity index (χ0n) is 9.62. The van der Waals surface area contributed by atoms with Crippen LogP contribution in [0.3, 0.4) is 0 Å². The minimum atomic E-state index is 0.0581. The highest BCUT2D eigenvalue weighted by molar-refractivity contribution is 7.98. The van der Waals surface area contributed by atoms with Crippen LogP contribution in [0.25, 0.3) is 0 Å². The Morgan fingerprint density at radius 2 is 2.31 bits per heavy atom. The zero-order valence-corrected chi connectivity index (χ0v) is 10.4. The lowest BCUT2D eigenvalue weighted by atomic mass is 10.1. The number of aromatic hydroxyl groups is 1. The van der Waals surface area contributed by atoms with Crippen molar-refractivity contribution >= 4 is 11.8 Å². The van der Waals surface area contributed by atoms with Crippen molar-refractivity contribution in [1.29, 1.82) is 0 Å². The molecule has 1 saturated heterocycles. The fourth-order valence-electron chi connectivity index (χ4n) is 1.88. The van der Waals surface area contributed by atoms with E-state index >= 15 is 0 Å². The highest BCUT2D eigenvalue weighted by Gasteiger charge is 2.19. The number of benzene rings is 1. The van der Waals surface area contributed by atoms with Crippen molar-refractivity contribution in [2.45, 2.75) is 17.9 Å². The van der Waals surface area contributed by atoms with Crippen molar-refractivity contribution < 1.29 is 9.84 Å². The summed E-state index contributed by atoms with van der Waals surface area (Å²) >= 11 is 1.69. The van der Waals surface area contributed by atoms with Gasteiger partial charge in [0.2, 0.25) is 0 Å². The van der Waals surface area contributed by atoms with Gasteiger partial charge in [0.15, 0.2) is 0 Å². The molecule has 1 aliphatic heterocycles. The summed E-state index contributed by atoms with van der Waals surface area (Å²) in [5.41, 5.74) is 2.00. The van der Waals surface area contributed by atoms with Crippen molar-refractivity contribution in [3.05, 3.63) is 23.3 Å². The van der Waals surface area contributed by atoms with Crippen molar-refractivity contribution in [2.75, 3.05) is 26.0 Å². The molecule has 88 valence electrons. The number of hydrogen-bond acceptors (Lipinski definition) is 4. The molecule has 2 N–H and O–H groups in total. The molecule has 16 heavy (non-hydrogen) atoms. The second kappa shape index (κ2) is 5.08. The first-order valence-electron chi connectivity index (χ1n) is 5.42. The van der Waals surface area contributed by atoms with E-state index in [1.165, 1.54) is 4.90 Å². The molecule has 0 radical (unpaired) electrons. The van der Waals surface area contributed by atoms with Gasteiger partial charge in [-0.1, -0.05) is 0 Å². The normalized spacial score (nSPS) is 21.0. The van der Waals surface area contributed by atoms with Gasteiger partial charge in [0, 0.05) is 18.0 Å². The predicted octanol–water partition coefficient (Wildman–Crippen LogP) is 2.08. The Labute approximate surface area is 100 Å². The number of thioether (sulfide) groups is 1. The van der Waals surface area contributed by atoms with Crippen molar-refractivity contribution in [2.24, 2.45) is 0 Å². The quantitative estimate of drug-likeness (QED) is 0.775. The van der Waals surface area contributed by atoms with E-state index in [9.17, 15) is 5.11 Å². The first-order valence-corrected chi connectivity index (χ1v) is 6.64. The Kier molecular flexibility index (Phi) is 3.74. The summed E-state index contributed by atoms with van der Waals surface area (Å²) in [6.07, 6.45) is 2.11. The van der Waals surface area contributed by atoms with Crippen LogP contribution in [0.4, 0.5) is 0 Å². The molecule has 1 aromatic carbocycles. The predicted molar refractivity (Wildman–Crippen MR) is 66.2 cm³/mol. The van der Waals surface area contributed by atoms with Gasteiger partial charge in [-0.25, -0.2) is 0 Å². The third kappa shape index (κ3) is 2.34. The molecule has 0 aliphatic carbocycles. The molecule has 1 atom stereocenters. The van der Waals surface area contributed by atoms with E-state index in [2.05, 4.69) is 5.32 Å². The summed E-state index contributed by atoms with van der Waals surface area (Å²) in [6.45, 7) is 4.37. The number of hydrogen-bond donors (Lipinski definition) is 2. The highest BCUT2D eigenvalue weighted by Crippen LogP contribution is 2.33. The molecule has 1 unspecified atom stereocenters. The average Bonchev–Trinajstić information content (AvgIpc) is 2.33. The number of aryl methyl sites for hydroxylation is 1. The molecule has 0 bridgehead atoms.